The summed E-state index contributed by atoms with van der Waals surface area (Å²) in [4.78, 5) is 23.9. The van der Waals surface area contributed by atoms with Crippen molar-refractivity contribution in [1.29, 1.82) is 0 Å². The number of hydrogen-bond acceptors (Lipinski definition) is 5. The van der Waals surface area contributed by atoms with Crippen molar-refractivity contribution >= 4 is 43.9 Å². The summed E-state index contributed by atoms with van der Waals surface area (Å²) >= 11 is 3.02. The largest absolute Gasteiger partial charge is 0.464 e. The zero-order valence-electron chi connectivity index (χ0n) is 10.1. The number of nitrogens with one attached hydrogen (secondary N) is 1. The first kappa shape index (κ1) is 13.0. The highest BCUT2D eigenvalue weighted by atomic mass is 32.1. The predicted molar refractivity (Wildman–Crippen MR) is 73.3 cm³/mol. The number of thiophene rings is 2. The average molecular weight is 283 g/mol. The molecule has 0 aliphatic carbocycles. The van der Waals surface area contributed by atoms with Gasteiger partial charge in [0.25, 0.3) is 5.91 Å². The van der Waals surface area contributed by atoms with Gasteiger partial charge in [0.1, 0.15) is 6.04 Å². The monoisotopic (exact) mass is 283 g/mol. The molecule has 1 amide bonds. The molecule has 1 atom stereocenters. The molecule has 0 aliphatic rings. The second-order valence-corrected chi connectivity index (χ2v) is 5.74. The van der Waals surface area contributed by atoms with Crippen molar-refractivity contribution in [2.24, 2.45) is 0 Å². The second kappa shape index (κ2) is 5.49. The van der Waals surface area contributed by atoms with Crippen LogP contribution in [0.4, 0.5) is 0 Å². The van der Waals surface area contributed by atoms with Gasteiger partial charge >= 0.3 is 5.97 Å². The maximum atomic E-state index is 11.9. The van der Waals surface area contributed by atoms with Crippen molar-refractivity contribution in [3.63, 3.8) is 0 Å². The molecule has 6 heteroatoms. The van der Waals surface area contributed by atoms with E-state index in [0.29, 0.717) is 11.5 Å². The number of fused-ring (bicyclic) bond motifs is 1. The van der Waals surface area contributed by atoms with E-state index < -0.39 is 12.0 Å². The zero-order valence-corrected chi connectivity index (χ0v) is 11.7. The van der Waals surface area contributed by atoms with Gasteiger partial charge in [-0.15, -0.1) is 22.7 Å². The molecule has 0 fully saturated rings. The van der Waals surface area contributed by atoms with Crippen molar-refractivity contribution in [3.8, 4) is 0 Å². The van der Waals surface area contributed by atoms with E-state index in [1.165, 1.54) is 11.3 Å². The van der Waals surface area contributed by atoms with Crippen LogP contribution in [0.5, 0.6) is 0 Å². The average Bonchev–Trinajstić information content (AvgIpc) is 2.88. The third-order valence-corrected chi connectivity index (χ3v) is 4.44. The van der Waals surface area contributed by atoms with Gasteiger partial charge in [-0.05, 0) is 31.4 Å². The van der Waals surface area contributed by atoms with E-state index >= 15 is 0 Å². The molecule has 0 radical (unpaired) electrons. The normalized spacial score (nSPS) is 12.3. The highest BCUT2D eigenvalue weighted by Crippen LogP contribution is 2.29. The molecule has 18 heavy (non-hydrogen) atoms. The Balaban J connectivity index is 2.03. The maximum Gasteiger partial charge on any atom is 0.328 e. The van der Waals surface area contributed by atoms with Crippen LogP contribution in [-0.4, -0.2) is 24.5 Å². The van der Waals surface area contributed by atoms with Crippen LogP contribution in [-0.2, 0) is 9.53 Å². The van der Waals surface area contributed by atoms with Crippen LogP contribution >= 0.6 is 22.7 Å². The Bertz CT molecular complexity index is 544. The number of rotatable bonds is 4. The minimum atomic E-state index is -0.627. The number of hydrogen-bond donors (Lipinski definition) is 1. The van der Waals surface area contributed by atoms with Gasteiger partial charge in [0.15, 0.2) is 0 Å². The van der Waals surface area contributed by atoms with E-state index in [1.807, 2.05) is 17.5 Å². The summed E-state index contributed by atoms with van der Waals surface area (Å²) in [7, 11) is 0. The third-order valence-electron chi connectivity index (χ3n) is 2.35. The number of ether oxygens (including phenoxy) is 1. The molecule has 2 heterocycles. The lowest BCUT2D eigenvalue weighted by molar-refractivity contribution is -0.144. The van der Waals surface area contributed by atoms with E-state index in [-0.39, 0.29) is 5.91 Å². The molecular weight excluding hydrogens is 270 g/mol. The van der Waals surface area contributed by atoms with Crippen LogP contribution in [0.15, 0.2) is 17.5 Å². The van der Waals surface area contributed by atoms with Crippen LogP contribution in [0.3, 0.4) is 0 Å². The first-order valence-electron chi connectivity index (χ1n) is 5.56. The van der Waals surface area contributed by atoms with Crippen molar-refractivity contribution < 1.29 is 14.3 Å². The standard InChI is InChI=1S/C12H13NO3S2/c1-3-16-12(15)7(2)13-11(14)10-6-9-8(18-10)4-5-17-9/h4-7H,3H2,1-2H3,(H,13,14). The molecule has 2 rings (SSSR count). The summed E-state index contributed by atoms with van der Waals surface area (Å²) in [6, 6.07) is 3.20. The van der Waals surface area contributed by atoms with Crippen LogP contribution in [0.1, 0.15) is 23.5 Å². The Hall–Kier alpha value is -1.40. The summed E-state index contributed by atoms with van der Waals surface area (Å²) in [6.07, 6.45) is 0. The van der Waals surface area contributed by atoms with Gasteiger partial charge in [-0.3, -0.25) is 4.79 Å². The van der Waals surface area contributed by atoms with Crippen LogP contribution < -0.4 is 5.32 Å². The van der Waals surface area contributed by atoms with Gasteiger partial charge in [0.2, 0.25) is 0 Å². The van der Waals surface area contributed by atoms with Gasteiger partial charge in [-0.1, -0.05) is 0 Å². The Morgan fingerprint density at radius 1 is 1.44 bits per heavy atom. The van der Waals surface area contributed by atoms with E-state index in [9.17, 15) is 9.59 Å². The fraction of sp³-hybridized carbons (Fsp3) is 0.333. The Morgan fingerprint density at radius 2 is 2.22 bits per heavy atom. The number of carbonyl (C=O) groups is 2. The van der Waals surface area contributed by atoms with Crippen LogP contribution in [0, 0.1) is 0 Å². The number of esters is 1. The molecule has 2 aromatic heterocycles. The van der Waals surface area contributed by atoms with Gasteiger partial charge < -0.3 is 10.1 Å². The molecule has 4 nitrogen and oxygen atoms in total. The minimum absolute atomic E-state index is 0.232. The second-order valence-electron chi connectivity index (χ2n) is 3.71. The predicted octanol–water partition coefficient (Wildman–Crippen LogP) is 2.64. The molecule has 0 spiro atoms. The minimum Gasteiger partial charge on any atom is -0.464 e. The van der Waals surface area contributed by atoms with Gasteiger partial charge in [0, 0.05) is 9.40 Å². The topological polar surface area (TPSA) is 55.4 Å². The Morgan fingerprint density at radius 3 is 2.89 bits per heavy atom. The SMILES string of the molecule is CCOC(=O)C(C)NC(=O)c1cc2sccc2s1. The highest BCUT2D eigenvalue weighted by Gasteiger charge is 2.19. The van der Waals surface area contributed by atoms with Gasteiger partial charge in [0.05, 0.1) is 11.5 Å². The molecule has 0 aromatic carbocycles. The molecule has 2 aromatic rings. The first-order valence-corrected chi connectivity index (χ1v) is 7.26. The molecular formula is C12H13NO3S2. The molecule has 96 valence electrons. The summed E-state index contributed by atoms with van der Waals surface area (Å²) < 4.78 is 7.02. The lowest BCUT2D eigenvalue weighted by atomic mass is 10.3. The first-order chi connectivity index (χ1) is 8.61. The molecule has 1 N–H and O–H groups in total. The zero-order chi connectivity index (χ0) is 13.1. The maximum absolute atomic E-state index is 11.9. The third kappa shape index (κ3) is 2.70. The van der Waals surface area contributed by atoms with E-state index in [4.69, 9.17) is 4.74 Å². The summed E-state index contributed by atoms with van der Waals surface area (Å²) in [5.41, 5.74) is 0. The molecule has 0 saturated carbocycles. The lowest BCUT2D eigenvalue weighted by Gasteiger charge is -2.11. The summed E-state index contributed by atoms with van der Waals surface area (Å²) in [6.45, 7) is 3.67. The van der Waals surface area contributed by atoms with E-state index in [0.717, 1.165) is 9.40 Å². The quantitative estimate of drug-likeness (QED) is 0.878. The fourth-order valence-electron chi connectivity index (χ4n) is 1.47. The Kier molecular flexibility index (Phi) is 3.98. The van der Waals surface area contributed by atoms with Crippen LogP contribution in [0.2, 0.25) is 0 Å². The number of amides is 1. The van der Waals surface area contributed by atoms with E-state index in [1.54, 1.807) is 25.2 Å². The fourth-order valence-corrected chi connectivity index (χ4v) is 3.48. The van der Waals surface area contributed by atoms with Gasteiger partial charge in [-0.25, -0.2) is 4.79 Å². The van der Waals surface area contributed by atoms with Crippen molar-refractivity contribution in [1.82, 2.24) is 5.32 Å². The van der Waals surface area contributed by atoms with E-state index in [2.05, 4.69) is 5.32 Å². The summed E-state index contributed by atoms with van der Waals surface area (Å²) in [5, 5.41) is 4.62. The molecule has 1 unspecified atom stereocenters. The van der Waals surface area contributed by atoms with Crippen LogP contribution in [0.25, 0.3) is 9.40 Å². The number of carbonyl (C=O) groups excluding carboxylic acids is 2. The van der Waals surface area contributed by atoms with Gasteiger partial charge in [-0.2, -0.15) is 0 Å². The molecule has 0 saturated heterocycles. The summed E-state index contributed by atoms with van der Waals surface area (Å²) in [5.74, 6) is -0.645. The van der Waals surface area contributed by atoms with Crippen molar-refractivity contribution in [3.05, 3.63) is 22.4 Å². The van der Waals surface area contributed by atoms with Crippen molar-refractivity contribution in [2.75, 3.05) is 6.61 Å². The smallest absolute Gasteiger partial charge is 0.328 e. The van der Waals surface area contributed by atoms with Crippen molar-refractivity contribution in [2.45, 2.75) is 19.9 Å². The highest BCUT2D eigenvalue weighted by molar-refractivity contribution is 7.27. The lowest BCUT2D eigenvalue weighted by Crippen LogP contribution is -2.39. The Labute approximate surface area is 113 Å². The molecule has 0 bridgehead atoms. The molecule has 0 aliphatic heterocycles.